The Labute approximate surface area is 71.0 Å². The van der Waals surface area contributed by atoms with E-state index in [0.29, 0.717) is 5.88 Å². The molecule has 0 aliphatic rings. The Bertz CT molecular complexity index is 189. The SMILES string of the molecule is ClCc1ccccc1.NC=O. The minimum atomic E-state index is 0.250. The summed E-state index contributed by atoms with van der Waals surface area (Å²) in [4.78, 5) is 8.58. The highest BCUT2D eigenvalue weighted by molar-refractivity contribution is 6.17. The van der Waals surface area contributed by atoms with Crippen LogP contribution in [-0.2, 0) is 10.7 Å². The highest BCUT2D eigenvalue weighted by Gasteiger charge is 1.81. The monoisotopic (exact) mass is 171 g/mol. The summed E-state index contributed by atoms with van der Waals surface area (Å²) in [6.45, 7) is 0. The molecule has 0 fully saturated rings. The van der Waals surface area contributed by atoms with E-state index in [-0.39, 0.29) is 6.41 Å². The fourth-order valence-electron chi connectivity index (χ4n) is 0.567. The average Bonchev–Trinajstić information content (AvgIpc) is 2.08. The number of halogens is 1. The summed E-state index contributed by atoms with van der Waals surface area (Å²) in [5.41, 5.74) is 5.34. The zero-order valence-corrected chi connectivity index (χ0v) is 6.79. The molecule has 60 valence electrons. The summed E-state index contributed by atoms with van der Waals surface area (Å²) in [7, 11) is 0. The molecule has 11 heavy (non-hydrogen) atoms. The van der Waals surface area contributed by atoms with Crippen molar-refractivity contribution >= 4 is 18.0 Å². The van der Waals surface area contributed by atoms with E-state index in [4.69, 9.17) is 16.4 Å². The minimum Gasteiger partial charge on any atom is -0.372 e. The summed E-state index contributed by atoms with van der Waals surface area (Å²) < 4.78 is 0. The highest BCUT2D eigenvalue weighted by atomic mass is 35.5. The Hall–Kier alpha value is -1.02. The van der Waals surface area contributed by atoms with Gasteiger partial charge in [0.25, 0.3) is 0 Å². The summed E-state index contributed by atoms with van der Waals surface area (Å²) in [5.74, 6) is 0.612. The van der Waals surface area contributed by atoms with Crippen molar-refractivity contribution in [1.29, 1.82) is 0 Å². The third-order valence-electron chi connectivity index (χ3n) is 0.997. The molecular formula is C8H10ClNO. The van der Waals surface area contributed by atoms with Crippen molar-refractivity contribution in [2.45, 2.75) is 5.88 Å². The maximum atomic E-state index is 8.58. The number of amides is 1. The van der Waals surface area contributed by atoms with Crippen molar-refractivity contribution in [2.24, 2.45) is 5.73 Å². The summed E-state index contributed by atoms with van der Waals surface area (Å²) in [6.07, 6.45) is 0.250. The summed E-state index contributed by atoms with van der Waals surface area (Å²) in [5, 5.41) is 0. The number of alkyl halides is 1. The van der Waals surface area contributed by atoms with Gasteiger partial charge < -0.3 is 5.73 Å². The predicted octanol–water partition coefficient (Wildman–Crippen LogP) is 1.53. The number of hydrogen-bond donors (Lipinski definition) is 1. The molecule has 1 aromatic carbocycles. The molecule has 0 bridgehead atoms. The molecule has 0 aliphatic heterocycles. The van der Waals surface area contributed by atoms with E-state index < -0.39 is 0 Å². The van der Waals surface area contributed by atoms with Crippen LogP contribution in [0.15, 0.2) is 30.3 Å². The molecule has 1 aromatic rings. The van der Waals surface area contributed by atoms with E-state index in [1.54, 1.807) is 0 Å². The molecule has 0 spiro atoms. The predicted molar refractivity (Wildman–Crippen MR) is 46.3 cm³/mol. The fourth-order valence-corrected chi connectivity index (χ4v) is 0.745. The molecular weight excluding hydrogens is 162 g/mol. The largest absolute Gasteiger partial charge is 0.372 e. The standard InChI is InChI=1S/C7H7Cl.CH3NO/c8-6-7-4-2-1-3-5-7;2-1-3/h1-5H,6H2;1H,(H2,2,3). The van der Waals surface area contributed by atoms with E-state index in [2.05, 4.69) is 5.73 Å². The first-order valence-corrected chi connectivity index (χ1v) is 3.64. The first-order chi connectivity index (χ1) is 5.35. The number of hydrogen-bond acceptors (Lipinski definition) is 1. The smallest absolute Gasteiger partial charge is 0.204 e. The van der Waals surface area contributed by atoms with Crippen LogP contribution in [0.4, 0.5) is 0 Å². The quantitative estimate of drug-likeness (QED) is 0.506. The van der Waals surface area contributed by atoms with Crippen LogP contribution in [0.3, 0.4) is 0 Å². The lowest BCUT2D eigenvalue weighted by atomic mass is 10.2. The van der Waals surface area contributed by atoms with Crippen molar-refractivity contribution < 1.29 is 4.79 Å². The van der Waals surface area contributed by atoms with Crippen LogP contribution < -0.4 is 5.73 Å². The number of carbonyl (C=O) groups excluding carboxylic acids is 1. The summed E-state index contributed by atoms with van der Waals surface area (Å²) in [6, 6.07) is 9.96. The minimum absolute atomic E-state index is 0.250. The lowest BCUT2D eigenvalue weighted by Gasteiger charge is -1.88. The third-order valence-corrected chi connectivity index (χ3v) is 1.31. The maximum Gasteiger partial charge on any atom is 0.204 e. The van der Waals surface area contributed by atoms with Gasteiger partial charge in [-0.2, -0.15) is 0 Å². The Balaban J connectivity index is 0.000000292. The van der Waals surface area contributed by atoms with Gasteiger partial charge in [0.05, 0.1) is 0 Å². The Kier molecular flexibility index (Phi) is 6.43. The number of benzene rings is 1. The normalized spacial score (nSPS) is 7.73. The van der Waals surface area contributed by atoms with Crippen LogP contribution >= 0.6 is 11.6 Å². The molecule has 1 rings (SSSR count). The number of nitrogens with two attached hydrogens (primary N) is 1. The van der Waals surface area contributed by atoms with Gasteiger partial charge in [0.15, 0.2) is 0 Å². The molecule has 0 aliphatic carbocycles. The average molecular weight is 172 g/mol. The van der Waals surface area contributed by atoms with Crippen molar-refractivity contribution in [1.82, 2.24) is 0 Å². The van der Waals surface area contributed by atoms with Crippen molar-refractivity contribution in [3.05, 3.63) is 35.9 Å². The zero-order chi connectivity index (χ0) is 8.53. The van der Waals surface area contributed by atoms with E-state index in [1.807, 2.05) is 30.3 Å². The summed E-state index contributed by atoms with van der Waals surface area (Å²) >= 11 is 5.53. The molecule has 2 N–H and O–H groups in total. The second-order valence-corrected chi connectivity index (χ2v) is 2.02. The van der Waals surface area contributed by atoms with E-state index in [9.17, 15) is 0 Å². The molecule has 0 radical (unpaired) electrons. The lowest BCUT2D eigenvalue weighted by Crippen LogP contribution is -1.82. The molecule has 0 aromatic heterocycles. The van der Waals surface area contributed by atoms with Gasteiger partial charge in [0.2, 0.25) is 6.41 Å². The second-order valence-electron chi connectivity index (χ2n) is 1.76. The van der Waals surface area contributed by atoms with Gasteiger partial charge in [-0.15, -0.1) is 11.6 Å². The molecule has 0 unspecified atom stereocenters. The molecule has 2 nitrogen and oxygen atoms in total. The van der Waals surface area contributed by atoms with Crippen LogP contribution in [0, 0.1) is 0 Å². The molecule has 1 amide bonds. The first-order valence-electron chi connectivity index (χ1n) is 3.10. The number of primary amides is 1. The molecule has 0 saturated heterocycles. The molecule has 0 saturated carbocycles. The zero-order valence-electron chi connectivity index (χ0n) is 6.03. The van der Waals surface area contributed by atoms with Crippen LogP contribution in [0.25, 0.3) is 0 Å². The highest BCUT2D eigenvalue weighted by Crippen LogP contribution is 2.00. The van der Waals surface area contributed by atoms with Gasteiger partial charge in [0, 0.05) is 5.88 Å². The third kappa shape index (κ3) is 5.43. The van der Waals surface area contributed by atoms with E-state index >= 15 is 0 Å². The molecule has 0 heterocycles. The number of rotatable bonds is 1. The fraction of sp³-hybridized carbons (Fsp3) is 0.125. The van der Waals surface area contributed by atoms with Gasteiger partial charge in [-0.3, -0.25) is 4.79 Å². The van der Waals surface area contributed by atoms with Crippen LogP contribution in [0.1, 0.15) is 5.56 Å². The Morgan fingerprint density at radius 3 is 2.09 bits per heavy atom. The maximum absolute atomic E-state index is 8.58. The van der Waals surface area contributed by atoms with Crippen LogP contribution in [0.2, 0.25) is 0 Å². The Morgan fingerprint density at radius 2 is 1.82 bits per heavy atom. The van der Waals surface area contributed by atoms with Gasteiger partial charge in [-0.1, -0.05) is 30.3 Å². The van der Waals surface area contributed by atoms with Crippen molar-refractivity contribution in [3.63, 3.8) is 0 Å². The van der Waals surface area contributed by atoms with Crippen molar-refractivity contribution in [2.75, 3.05) is 0 Å². The first kappa shape index (κ1) is 9.98. The van der Waals surface area contributed by atoms with Gasteiger partial charge in [-0.05, 0) is 5.56 Å². The van der Waals surface area contributed by atoms with Crippen molar-refractivity contribution in [3.8, 4) is 0 Å². The number of carbonyl (C=O) groups is 1. The molecule has 0 atom stereocenters. The van der Waals surface area contributed by atoms with Gasteiger partial charge in [0.1, 0.15) is 0 Å². The topological polar surface area (TPSA) is 43.1 Å². The lowest BCUT2D eigenvalue weighted by molar-refractivity contribution is -0.106. The van der Waals surface area contributed by atoms with Gasteiger partial charge in [-0.25, -0.2) is 0 Å². The molecule has 3 heteroatoms. The van der Waals surface area contributed by atoms with Crippen LogP contribution in [-0.4, -0.2) is 6.41 Å². The van der Waals surface area contributed by atoms with E-state index in [0.717, 1.165) is 0 Å². The van der Waals surface area contributed by atoms with Crippen LogP contribution in [0.5, 0.6) is 0 Å². The van der Waals surface area contributed by atoms with Gasteiger partial charge >= 0.3 is 0 Å². The van der Waals surface area contributed by atoms with E-state index in [1.165, 1.54) is 5.56 Å². The second kappa shape index (κ2) is 7.09. The Morgan fingerprint density at radius 1 is 1.36 bits per heavy atom.